The summed E-state index contributed by atoms with van der Waals surface area (Å²) < 4.78 is 0. The Morgan fingerprint density at radius 1 is 1.38 bits per heavy atom. The normalized spacial score (nSPS) is 11.3. The Kier molecular flexibility index (Phi) is 2.69. The van der Waals surface area contributed by atoms with Crippen LogP contribution in [0.2, 0.25) is 0 Å². The second kappa shape index (κ2) is 3.76. The first-order valence-corrected chi connectivity index (χ1v) is 3.81. The average molecular weight is 178 g/mol. The molecule has 68 valence electrons. The molecule has 0 aliphatic rings. The summed E-state index contributed by atoms with van der Waals surface area (Å²) in [7, 11) is 0. The van der Waals surface area contributed by atoms with Gasteiger partial charge in [0.25, 0.3) is 0 Å². The molecule has 0 radical (unpaired) electrons. The summed E-state index contributed by atoms with van der Waals surface area (Å²) in [5, 5.41) is 18.6. The molecule has 0 aliphatic carbocycles. The van der Waals surface area contributed by atoms with Gasteiger partial charge in [-0.15, -0.1) is 0 Å². The van der Waals surface area contributed by atoms with Crippen molar-refractivity contribution in [2.75, 3.05) is 0 Å². The number of aliphatic hydroxyl groups is 1. The van der Waals surface area contributed by atoms with Crippen molar-refractivity contribution in [3.8, 4) is 5.75 Å². The quantitative estimate of drug-likeness (QED) is 0.537. The summed E-state index contributed by atoms with van der Waals surface area (Å²) in [5.74, 6) is -0.524. The zero-order valence-corrected chi connectivity index (χ0v) is 7.19. The molecule has 0 spiro atoms. The van der Waals surface area contributed by atoms with E-state index in [9.17, 15) is 15.0 Å². The van der Waals surface area contributed by atoms with E-state index in [0.29, 0.717) is 0 Å². The lowest BCUT2D eigenvalue weighted by Crippen LogP contribution is -1.88. The molecule has 0 bridgehead atoms. The molecule has 0 atom stereocenters. The molecule has 13 heavy (non-hydrogen) atoms. The topological polar surface area (TPSA) is 57.5 Å². The first-order valence-electron chi connectivity index (χ1n) is 3.81. The van der Waals surface area contributed by atoms with Crippen LogP contribution in [0.1, 0.15) is 12.5 Å². The fraction of sp³-hybridized carbons (Fsp3) is 0.100. The maximum Gasteiger partial charge on any atom is 0.156 e. The number of phenolic OH excluding ortho intramolecular Hbond substituents is 1. The van der Waals surface area contributed by atoms with Gasteiger partial charge in [-0.2, -0.15) is 0 Å². The molecular formula is C10H10O3. The highest BCUT2D eigenvalue weighted by atomic mass is 16.3. The van der Waals surface area contributed by atoms with Crippen molar-refractivity contribution in [2.24, 2.45) is 0 Å². The van der Waals surface area contributed by atoms with Gasteiger partial charge in [-0.3, -0.25) is 4.79 Å². The molecule has 1 rings (SSSR count). The third kappa shape index (κ3) is 2.33. The molecule has 0 heterocycles. The van der Waals surface area contributed by atoms with Gasteiger partial charge in [0.1, 0.15) is 11.5 Å². The third-order valence-electron chi connectivity index (χ3n) is 1.52. The van der Waals surface area contributed by atoms with E-state index in [1.165, 1.54) is 19.1 Å². The van der Waals surface area contributed by atoms with Gasteiger partial charge in [0, 0.05) is 6.08 Å². The van der Waals surface area contributed by atoms with Crippen LogP contribution in [0.3, 0.4) is 0 Å². The predicted molar refractivity (Wildman–Crippen MR) is 49.4 cm³/mol. The van der Waals surface area contributed by atoms with Crippen LogP contribution in [-0.2, 0) is 4.79 Å². The lowest BCUT2D eigenvalue weighted by molar-refractivity contribution is -0.112. The molecule has 0 aromatic heterocycles. The summed E-state index contributed by atoms with van der Waals surface area (Å²) >= 11 is 0. The fourth-order valence-corrected chi connectivity index (χ4v) is 0.961. The van der Waals surface area contributed by atoms with Crippen LogP contribution in [0.25, 0.3) is 5.76 Å². The minimum atomic E-state index is -0.263. The maximum absolute atomic E-state index is 10.6. The molecule has 0 unspecified atom stereocenters. The lowest BCUT2D eigenvalue weighted by atomic mass is 10.1. The van der Waals surface area contributed by atoms with Gasteiger partial charge < -0.3 is 10.2 Å². The van der Waals surface area contributed by atoms with Crippen LogP contribution in [0.5, 0.6) is 5.75 Å². The number of ketones is 1. The Hall–Kier alpha value is -1.77. The van der Waals surface area contributed by atoms with Gasteiger partial charge in [-0.1, -0.05) is 12.1 Å². The van der Waals surface area contributed by atoms with Crippen LogP contribution in [0.4, 0.5) is 0 Å². The summed E-state index contributed by atoms with van der Waals surface area (Å²) in [6.07, 6.45) is 1.06. The first-order chi connectivity index (χ1) is 6.11. The average Bonchev–Trinajstić information content (AvgIpc) is 2.03. The number of benzene rings is 1. The minimum absolute atomic E-state index is 0.0440. The zero-order chi connectivity index (χ0) is 9.84. The highest BCUT2D eigenvalue weighted by molar-refractivity contribution is 5.93. The second-order valence-electron chi connectivity index (χ2n) is 2.66. The van der Waals surface area contributed by atoms with Crippen molar-refractivity contribution in [1.82, 2.24) is 0 Å². The molecular weight excluding hydrogens is 168 g/mol. The molecule has 0 amide bonds. The summed E-state index contributed by atoms with van der Waals surface area (Å²) in [6, 6.07) is 6.28. The van der Waals surface area contributed by atoms with E-state index in [4.69, 9.17) is 0 Å². The largest absolute Gasteiger partial charge is 0.507 e. The van der Waals surface area contributed by atoms with Crippen molar-refractivity contribution < 1.29 is 15.0 Å². The Labute approximate surface area is 76.0 Å². The molecule has 3 nitrogen and oxygen atoms in total. The number of phenols is 1. The van der Waals surface area contributed by atoms with E-state index in [-0.39, 0.29) is 22.9 Å². The highest BCUT2D eigenvalue weighted by Crippen LogP contribution is 2.22. The van der Waals surface area contributed by atoms with Crippen LogP contribution in [0.15, 0.2) is 30.3 Å². The SMILES string of the molecule is CC(=O)C=C(O)c1ccccc1O. The maximum atomic E-state index is 10.6. The molecule has 0 aliphatic heterocycles. The number of hydrogen-bond acceptors (Lipinski definition) is 3. The number of carbonyl (C=O) groups is 1. The first kappa shape index (κ1) is 9.32. The van der Waals surface area contributed by atoms with Crippen LogP contribution in [0, 0.1) is 0 Å². The molecule has 0 saturated carbocycles. The predicted octanol–water partition coefficient (Wildman–Crippen LogP) is 1.88. The third-order valence-corrected chi connectivity index (χ3v) is 1.52. The zero-order valence-electron chi connectivity index (χ0n) is 7.19. The second-order valence-corrected chi connectivity index (χ2v) is 2.66. The number of rotatable bonds is 2. The molecule has 1 aromatic rings. The van der Waals surface area contributed by atoms with Gasteiger partial charge >= 0.3 is 0 Å². The smallest absolute Gasteiger partial charge is 0.156 e. The molecule has 2 N–H and O–H groups in total. The van der Waals surface area contributed by atoms with E-state index >= 15 is 0 Å². The van der Waals surface area contributed by atoms with E-state index in [0.717, 1.165) is 6.08 Å². The van der Waals surface area contributed by atoms with E-state index in [2.05, 4.69) is 0 Å². The van der Waals surface area contributed by atoms with Crippen LogP contribution < -0.4 is 0 Å². The van der Waals surface area contributed by atoms with Crippen molar-refractivity contribution in [3.63, 3.8) is 0 Å². The van der Waals surface area contributed by atoms with Crippen molar-refractivity contribution in [1.29, 1.82) is 0 Å². The van der Waals surface area contributed by atoms with Gasteiger partial charge in [0.05, 0.1) is 5.56 Å². The number of carbonyl (C=O) groups excluding carboxylic acids is 1. The van der Waals surface area contributed by atoms with E-state index in [1.807, 2.05) is 0 Å². The van der Waals surface area contributed by atoms with E-state index in [1.54, 1.807) is 12.1 Å². The van der Waals surface area contributed by atoms with Crippen molar-refractivity contribution >= 4 is 11.5 Å². The number of aromatic hydroxyl groups is 1. The Morgan fingerprint density at radius 3 is 2.54 bits per heavy atom. The van der Waals surface area contributed by atoms with Gasteiger partial charge in [0.15, 0.2) is 5.78 Å². The van der Waals surface area contributed by atoms with Gasteiger partial charge in [-0.05, 0) is 19.1 Å². The summed E-state index contributed by atoms with van der Waals surface area (Å²) in [4.78, 5) is 10.6. The van der Waals surface area contributed by atoms with Crippen molar-refractivity contribution in [3.05, 3.63) is 35.9 Å². The van der Waals surface area contributed by atoms with Crippen LogP contribution >= 0.6 is 0 Å². The van der Waals surface area contributed by atoms with Gasteiger partial charge in [0.2, 0.25) is 0 Å². The lowest BCUT2D eigenvalue weighted by Gasteiger charge is -2.01. The molecule has 0 fully saturated rings. The summed E-state index contributed by atoms with van der Waals surface area (Å²) in [5.41, 5.74) is 0.262. The number of aliphatic hydroxyl groups excluding tert-OH is 1. The Bertz CT molecular complexity index is 353. The standard InChI is InChI=1S/C10H10O3/c1-7(11)6-10(13)8-4-2-3-5-9(8)12/h2-6,12-13H,1H3. The number of allylic oxidation sites excluding steroid dienone is 1. The molecule has 0 saturated heterocycles. The summed E-state index contributed by atoms with van der Waals surface area (Å²) in [6.45, 7) is 1.33. The van der Waals surface area contributed by atoms with Gasteiger partial charge in [-0.25, -0.2) is 0 Å². The Morgan fingerprint density at radius 2 is 2.00 bits per heavy atom. The van der Waals surface area contributed by atoms with E-state index < -0.39 is 0 Å². The van der Waals surface area contributed by atoms with Crippen molar-refractivity contribution in [2.45, 2.75) is 6.92 Å². The van der Waals surface area contributed by atoms with Crippen LogP contribution in [-0.4, -0.2) is 16.0 Å². The molecule has 1 aromatic carbocycles. The number of hydrogen-bond donors (Lipinski definition) is 2. The molecule has 3 heteroatoms. The minimum Gasteiger partial charge on any atom is -0.507 e. The Balaban J connectivity index is 3.08. The monoisotopic (exact) mass is 178 g/mol. The fourth-order valence-electron chi connectivity index (χ4n) is 0.961. The highest BCUT2D eigenvalue weighted by Gasteiger charge is 2.04. The number of para-hydroxylation sites is 1.